The fourth-order valence-electron chi connectivity index (χ4n) is 3.74. The van der Waals surface area contributed by atoms with E-state index in [9.17, 15) is 9.59 Å². The standard InChI is InChI=1S/C19H24N6O3S/c1-28-13-7-3-2-6-11(13)17-23-18(25-24-17)21-15(26)9-5-4-8-14-16-12(10-29-14)20-19(27)22-16/h2-3,6-7,12,14,16H,4-5,8-10H2,1H3,(H2,20,22,27)(H2,21,23,24,25,26)/t12-,14-,16-/m0/s1. The number of aromatic nitrogens is 3. The Morgan fingerprint density at radius 2 is 2.17 bits per heavy atom. The molecule has 3 amide bonds. The van der Waals surface area contributed by atoms with E-state index < -0.39 is 0 Å². The van der Waals surface area contributed by atoms with Crippen LogP contribution in [0.15, 0.2) is 24.3 Å². The maximum Gasteiger partial charge on any atom is 0.315 e. The SMILES string of the molecule is COc1ccccc1-c1nc(NC(=O)CCCC[C@@H]2SC[C@@H]3NC(=O)N[C@@H]32)n[nH]1. The molecule has 2 aliphatic rings. The molecule has 4 rings (SSSR count). The lowest BCUT2D eigenvalue weighted by atomic mass is 10.0. The second kappa shape index (κ2) is 8.73. The number of benzene rings is 1. The van der Waals surface area contributed by atoms with Gasteiger partial charge >= 0.3 is 6.03 Å². The molecule has 10 heteroatoms. The summed E-state index contributed by atoms with van der Waals surface area (Å²) in [5.74, 6) is 2.32. The molecule has 1 aromatic heterocycles. The molecule has 1 aromatic carbocycles. The van der Waals surface area contributed by atoms with Gasteiger partial charge in [0.1, 0.15) is 5.75 Å². The number of hydrogen-bond acceptors (Lipinski definition) is 6. The number of para-hydroxylation sites is 1. The van der Waals surface area contributed by atoms with Crippen LogP contribution in [0, 0.1) is 0 Å². The van der Waals surface area contributed by atoms with Crippen LogP contribution in [0.4, 0.5) is 10.7 Å². The van der Waals surface area contributed by atoms with Gasteiger partial charge in [0, 0.05) is 17.4 Å². The molecule has 0 saturated carbocycles. The van der Waals surface area contributed by atoms with Crippen molar-refractivity contribution in [3.05, 3.63) is 24.3 Å². The van der Waals surface area contributed by atoms with Gasteiger partial charge in [-0.1, -0.05) is 18.6 Å². The Bertz CT molecular complexity index is 888. The molecule has 4 N–H and O–H groups in total. The van der Waals surface area contributed by atoms with E-state index in [2.05, 4.69) is 31.1 Å². The van der Waals surface area contributed by atoms with Gasteiger partial charge in [0.05, 0.1) is 24.8 Å². The number of fused-ring (bicyclic) bond motifs is 1. The summed E-state index contributed by atoms with van der Waals surface area (Å²) in [4.78, 5) is 28.0. The van der Waals surface area contributed by atoms with Gasteiger partial charge in [0.25, 0.3) is 0 Å². The maximum absolute atomic E-state index is 12.2. The highest BCUT2D eigenvalue weighted by molar-refractivity contribution is 8.00. The number of thioether (sulfide) groups is 1. The molecule has 154 valence electrons. The van der Waals surface area contributed by atoms with Gasteiger partial charge in [0.2, 0.25) is 11.9 Å². The van der Waals surface area contributed by atoms with Crippen molar-refractivity contribution >= 4 is 29.6 Å². The summed E-state index contributed by atoms with van der Waals surface area (Å²) >= 11 is 1.89. The van der Waals surface area contributed by atoms with E-state index in [0.717, 1.165) is 30.6 Å². The van der Waals surface area contributed by atoms with Crippen LogP contribution in [-0.4, -0.2) is 57.3 Å². The summed E-state index contributed by atoms with van der Waals surface area (Å²) in [5.41, 5.74) is 0.781. The average Bonchev–Trinajstić information content (AvgIpc) is 3.42. The second-order valence-electron chi connectivity index (χ2n) is 7.12. The largest absolute Gasteiger partial charge is 0.496 e. The molecule has 0 bridgehead atoms. The van der Waals surface area contributed by atoms with Crippen LogP contribution in [-0.2, 0) is 4.79 Å². The molecule has 3 heterocycles. The molecular formula is C19H24N6O3S. The Kier molecular flexibility index (Phi) is 5.89. The first-order valence-electron chi connectivity index (χ1n) is 9.68. The summed E-state index contributed by atoms with van der Waals surface area (Å²) in [6.07, 6.45) is 3.12. The minimum atomic E-state index is -0.108. The molecule has 0 unspecified atom stereocenters. The number of carbonyl (C=O) groups is 2. The monoisotopic (exact) mass is 416 g/mol. The average molecular weight is 417 g/mol. The normalized spacial score (nSPS) is 22.7. The van der Waals surface area contributed by atoms with Crippen LogP contribution in [0.5, 0.6) is 5.75 Å². The van der Waals surface area contributed by atoms with Crippen molar-refractivity contribution < 1.29 is 14.3 Å². The van der Waals surface area contributed by atoms with Crippen molar-refractivity contribution in [3.63, 3.8) is 0 Å². The highest BCUT2D eigenvalue weighted by Gasteiger charge is 2.42. The fraction of sp³-hybridized carbons (Fsp3) is 0.474. The Hall–Kier alpha value is -2.75. The van der Waals surface area contributed by atoms with Gasteiger partial charge in [-0.25, -0.2) is 4.79 Å². The van der Waals surface area contributed by atoms with Gasteiger partial charge < -0.3 is 15.4 Å². The number of carbonyl (C=O) groups excluding carboxylic acids is 2. The van der Waals surface area contributed by atoms with Crippen LogP contribution in [0.3, 0.4) is 0 Å². The lowest BCUT2D eigenvalue weighted by Gasteiger charge is -2.16. The zero-order valence-electron chi connectivity index (χ0n) is 16.1. The van der Waals surface area contributed by atoms with Crippen molar-refractivity contribution in [2.75, 3.05) is 18.2 Å². The van der Waals surface area contributed by atoms with E-state index in [1.807, 2.05) is 36.0 Å². The Morgan fingerprint density at radius 1 is 1.31 bits per heavy atom. The number of aromatic amines is 1. The van der Waals surface area contributed by atoms with Gasteiger partial charge in [-0.15, -0.1) is 5.10 Å². The lowest BCUT2D eigenvalue weighted by molar-refractivity contribution is -0.116. The third-order valence-electron chi connectivity index (χ3n) is 5.18. The van der Waals surface area contributed by atoms with Crippen LogP contribution in [0.25, 0.3) is 11.4 Å². The van der Waals surface area contributed by atoms with Crippen LogP contribution in [0.1, 0.15) is 25.7 Å². The third kappa shape index (κ3) is 4.47. The van der Waals surface area contributed by atoms with Crippen LogP contribution in [0.2, 0.25) is 0 Å². The number of nitrogens with zero attached hydrogens (tertiary/aromatic N) is 2. The summed E-state index contributed by atoms with van der Waals surface area (Å²) < 4.78 is 5.33. The molecule has 2 aliphatic heterocycles. The number of urea groups is 1. The number of unbranched alkanes of at least 4 members (excludes halogenated alkanes) is 1. The molecule has 2 aromatic rings. The topological polar surface area (TPSA) is 121 Å². The van der Waals surface area contributed by atoms with Gasteiger partial charge in [-0.3, -0.25) is 15.2 Å². The molecule has 29 heavy (non-hydrogen) atoms. The Labute approximate surface area is 172 Å². The highest BCUT2D eigenvalue weighted by atomic mass is 32.2. The van der Waals surface area contributed by atoms with Crippen molar-refractivity contribution in [1.29, 1.82) is 0 Å². The maximum atomic E-state index is 12.2. The molecule has 0 aliphatic carbocycles. The summed E-state index contributed by atoms with van der Waals surface area (Å²) in [5, 5.41) is 16.0. The molecule has 2 fully saturated rings. The second-order valence-corrected chi connectivity index (χ2v) is 8.40. The zero-order chi connectivity index (χ0) is 20.2. The smallest absolute Gasteiger partial charge is 0.315 e. The lowest BCUT2D eigenvalue weighted by Crippen LogP contribution is -2.36. The Morgan fingerprint density at radius 3 is 3.03 bits per heavy atom. The molecule has 2 saturated heterocycles. The van der Waals surface area contributed by atoms with E-state index in [1.54, 1.807) is 7.11 Å². The number of hydrogen-bond donors (Lipinski definition) is 4. The summed E-state index contributed by atoms with van der Waals surface area (Å²) in [6.45, 7) is 0. The molecular weight excluding hydrogens is 392 g/mol. The minimum Gasteiger partial charge on any atom is -0.496 e. The predicted molar refractivity (Wildman–Crippen MR) is 111 cm³/mol. The van der Waals surface area contributed by atoms with Crippen molar-refractivity contribution in [1.82, 2.24) is 25.8 Å². The molecule has 0 radical (unpaired) electrons. The van der Waals surface area contributed by atoms with Crippen LogP contribution < -0.4 is 20.7 Å². The highest BCUT2D eigenvalue weighted by Crippen LogP contribution is 2.33. The number of amides is 3. The van der Waals surface area contributed by atoms with Crippen molar-refractivity contribution in [2.24, 2.45) is 0 Å². The number of nitrogens with one attached hydrogen (secondary N) is 4. The third-order valence-corrected chi connectivity index (χ3v) is 6.69. The number of H-pyrrole nitrogens is 1. The first kappa shape index (κ1) is 19.6. The van der Waals surface area contributed by atoms with E-state index >= 15 is 0 Å². The molecule has 3 atom stereocenters. The van der Waals surface area contributed by atoms with Gasteiger partial charge in [0.15, 0.2) is 5.82 Å². The van der Waals surface area contributed by atoms with Crippen molar-refractivity contribution in [3.8, 4) is 17.1 Å². The summed E-state index contributed by atoms with van der Waals surface area (Å²) in [6, 6.07) is 7.86. The van der Waals surface area contributed by atoms with Crippen LogP contribution >= 0.6 is 11.8 Å². The number of methoxy groups -OCH3 is 1. The van der Waals surface area contributed by atoms with E-state index in [0.29, 0.717) is 23.2 Å². The molecule has 0 spiro atoms. The zero-order valence-corrected chi connectivity index (χ0v) is 16.9. The first-order valence-corrected chi connectivity index (χ1v) is 10.7. The summed E-state index contributed by atoms with van der Waals surface area (Å²) in [7, 11) is 1.60. The fourth-order valence-corrected chi connectivity index (χ4v) is 5.28. The number of ether oxygens (including phenoxy) is 1. The Balaban J connectivity index is 1.21. The quantitative estimate of drug-likeness (QED) is 0.386. The van der Waals surface area contributed by atoms with E-state index in [1.165, 1.54) is 0 Å². The number of rotatable bonds is 8. The van der Waals surface area contributed by atoms with Crippen molar-refractivity contribution in [2.45, 2.75) is 43.0 Å². The van der Waals surface area contributed by atoms with Gasteiger partial charge in [-0.2, -0.15) is 16.7 Å². The van der Waals surface area contributed by atoms with Gasteiger partial charge in [-0.05, 0) is 25.0 Å². The van der Waals surface area contributed by atoms with E-state index in [-0.39, 0.29) is 30.0 Å². The molecule has 9 nitrogen and oxygen atoms in total. The number of anilines is 1. The first-order chi connectivity index (χ1) is 14.1. The predicted octanol–water partition coefficient (Wildman–Crippen LogP) is 2.14. The minimum absolute atomic E-state index is 0.0660. The van der Waals surface area contributed by atoms with E-state index in [4.69, 9.17) is 4.74 Å².